The number of hydrogen-bond acceptors (Lipinski definition) is 1. The van der Waals surface area contributed by atoms with Crippen molar-refractivity contribution in [1.82, 2.24) is 0 Å². The first-order valence-electron chi connectivity index (χ1n) is 6.57. The summed E-state index contributed by atoms with van der Waals surface area (Å²) in [6, 6.07) is 0. The molecule has 1 aliphatic rings. The highest BCUT2D eigenvalue weighted by Gasteiger charge is 2.09. The van der Waals surface area contributed by atoms with Crippen LogP contribution in [0.1, 0.15) is 20.3 Å². The Morgan fingerprint density at radius 1 is 1.21 bits per heavy atom. The Balaban J connectivity index is 3.29. The molecule has 0 aromatic carbocycles. The maximum Gasteiger partial charge on any atom is 0.00837 e. The quantitative estimate of drug-likeness (QED) is 0.712. The lowest BCUT2D eigenvalue weighted by Gasteiger charge is -2.10. The summed E-state index contributed by atoms with van der Waals surface area (Å²) in [6.07, 6.45) is 13.0. The molecule has 0 spiro atoms. The van der Waals surface area contributed by atoms with E-state index in [-0.39, 0.29) is 0 Å². The van der Waals surface area contributed by atoms with Gasteiger partial charge in [0.2, 0.25) is 0 Å². The smallest absolute Gasteiger partial charge is 0.00837 e. The van der Waals surface area contributed by atoms with Crippen molar-refractivity contribution in [2.24, 2.45) is 11.7 Å². The second kappa shape index (κ2) is 6.79. The number of hydrogen-bond donors (Lipinski definition) is 1. The second-order valence-corrected chi connectivity index (χ2v) is 4.73. The summed E-state index contributed by atoms with van der Waals surface area (Å²) < 4.78 is 0. The van der Waals surface area contributed by atoms with Gasteiger partial charge in [0, 0.05) is 5.70 Å². The van der Waals surface area contributed by atoms with Gasteiger partial charge in [-0.1, -0.05) is 64.0 Å². The molecule has 0 saturated carbocycles. The highest BCUT2D eigenvalue weighted by Crippen LogP contribution is 2.27. The lowest BCUT2D eigenvalue weighted by molar-refractivity contribution is 0.941. The topological polar surface area (TPSA) is 26.0 Å². The fourth-order valence-electron chi connectivity index (χ4n) is 1.81. The van der Waals surface area contributed by atoms with E-state index in [2.05, 4.69) is 51.0 Å². The summed E-state index contributed by atoms with van der Waals surface area (Å²) in [4.78, 5) is 0. The third-order valence-corrected chi connectivity index (χ3v) is 3.13. The predicted molar refractivity (Wildman–Crippen MR) is 85.5 cm³/mol. The van der Waals surface area contributed by atoms with E-state index in [4.69, 9.17) is 5.73 Å². The Bertz CT molecular complexity index is 510. The Kier molecular flexibility index (Phi) is 5.37. The molecule has 1 nitrogen and oxygen atoms in total. The summed E-state index contributed by atoms with van der Waals surface area (Å²) in [6.45, 7) is 16.1. The molecule has 0 heterocycles. The molecule has 1 atom stereocenters. The molecule has 1 heteroatoms. The Labute approximate surface area is 116 Å². The zero-order valence-electron chi connectivity index (χ0n) is 11.9. The average molecular weight is 253 g/mol. The van der Waals surface area contributed by atoms with Crippen LogP contribution >= 0.6 is 0 Å². The second-order valence-electron chi connectivity index (χ2n) is 4.73. The molecule has 0 aromatic heterocycles. The molecule has 0 radical (unpaired) electrons. The number of rotatable bonds is 5. The zero-order chi connectivity index (χ0) is 14.4. The van der Waals surface area contributed by atoms with Crippen LogP contribution in [-0.4, -0.2) is 0 Å². The van der Waals surface area contributed by atoms with E-state index in [0.29, 0.717) is 5.92 Å². The minimum Gasteiger partial charge on any atom is -0.402 e. The first-order chi connectivity index (χ1) is 8.99. The number of nitrogens with two attached hydrogens (primary N) is 1. The van der Waals surface area contributed by atoms with Crippen molar-refractivity contribution in [3.8, 4) is 0 Å². The molecule has 1 unspecified atom stereocenters. The molecular weight excluding hydrogens is 230 g/mol. The van der Waals surface area contributed by atoms with Gasteiger partial charge in [0.1, 0.15) is 0 Å². The normalized spacial score (nSPS) is 19.3. The van der Waals surface area contributed by atoms with E-state index in [0.717, 1.165) is 34.4 Å². The van der Waals surface area contributed by atoms with Crippen molar-refractivity contribution < 1.29 is 0 Å². The van der Waals surface area contributed by atoms with Crippen molar-refractivity contribution in [3.63, 3.8) is 0 Å². The maximum atomic E-state index is 5.89. The van der Waals surface area contributed by atoms with Crippen molar-refractivity contribution >= 4 is 0 Å². The zero-order valence-corrected chi connectivity index (χ0v) is 11.9. The van der Waals surface area contributed by atoms with Gasteiger partial charge in [0.15, 0.2) is 0 Å². The fraction of sp³-hybridized carbons (Fsp3) is 0.222. The molecule has 0 amide bonds. The van der Waals surface area contributed by atoms with E-state index in [1.807, 2.05) is 13.0 Å². The summed E-state index contributed by atoms with van der Waals surface area (Å²) in [5, 5.41) is 0. The van der Waals surface area contributed by atoms with Gasteiger partial charge in [0.05, 0.1) is 0 Å². The van der Waals surface area contributed by atoms with Gasteiger partial charge in [0.25, 0.3) is 0 Å². The molecule has 2 N–H and O–H groups in total. The molecule has 0 aliphatic heterocycles. The van der Waals surface area contributed by atoms with Crippen LogP contribution in [0.2, 0.25) is 0 Å². The van der Waals surface area contributed by atoms with Gasteiger partial charge >= 0.3 is 0 Å². The summed E-state index contributed by atoms with van der Waals surface area (Å²) in [5.41, 5.74) is 10.6. The fourth-order valence-corrected chi connectivity index (χ4v) is 1.81. The SMILES string of the molecule is C=CC(=C)C1=C(C(=C)/C=C(/N)CC)C=CC(C)C=C1. The van der Waals surface area contributed by atoms with Gasteiger partial charge in [-0.15, -0.1) is 0 Å². The van der Waals surface area contributed by atoms with Crippen molar-refractivity contribution in [3.05, 3.63) is 84.2 Å². The van der Waals surface area contributed by atoms with Crippen LogP contribution in [0.3, 0.4) is 0 Å². The van der Waals surface area contributed by atoms with Gasteiger partial charge in [-0.2, -0.15) is 0 Å². The molecule has 0 bridgehead atoms. The molecule has 19 heavy (non-hydrogen) atoms. The lowest BCUT2D eigenvalue weighted by Crippen LogP contribution is -1.97. The van der Waals surface area contributed by atoms with Crippen LogP contribution in [0.25, 0.3) is 0 Å². The molecule has 100 valence electrons. The van der Waals surface area contributed by atoms with Crippen molar-refractivity contribution in [2.75, 3.05) is 0 Å². The largest absolute Gasteiger partial charge is 0.402 e. The summed E-state index contributed by atoms with van der Waals surface area (Å²) in [7, 11) is 0. The van der Waals surface area contributed by atoms with E-state index >= 15 is 0 Å². The van der Waals surface area contributed by atoms with Gasteiger partial charge in [-0.25, -0.2) is 0 Å². The lowest BCUT2D eigenvalue weighted by atomic mass is 9.95. The summed E-state index contributed by atoms with van der Waals surface area (Å²) >= 11 is 0. The van der Waals surface area contributed by atoms with E-state index in [1.54, 1.807) is 6.08 Å². The predicted octanol–water partition coefficient (Wildman–Crippen LogP) is 4.60. The molecule has 1 rings (SSSR count). The Morgan fingerprint density at radius 3 is 2.21 bits per heavy atom. The monoisotopic (exact) mass is 253 g/mol. The van der Waals surface area contributed by atoms with Crippen LogP contribution in [-0.2, 0) is 0 Å². The van der Waals surface area contributed by atoms with Crippen LogP contribution in [0.5, 0.6) is 0 Å². The van der Waals surface area contributed by atoms with Gasteiger partial charge < -0.3 is 5.73 Å². The Hall–Kier alpha value is -2.02. The maximum absolute atomic E-state index is 5.89. The number of allylic oxidation sites excluding steroid dienone is 11. The van der Waals surface area contributed by atoms with Crippen molar-refractivity contribution in [2.45, 2.75) is 20.3 Å². The molecular formula is C18H23N. The van der Waals surface area contributed by atoms with E-state index < -0.39 is 0 Å². The van der Waals surface area contributed by atoms with Crippen LogP contribution in [0, 0.1) is 5.92 Å². The summed E-state index contributed by atoms with van der Waals surface area (Å²) in [5.74, 6) is 0.394. The van der Waals surface area contributed by atoms with Crippen molar-refractivity contribution in [1.29, 1.82) is 0 Å². The van der Waals surface area contributed by atoms with Gasteiger partial charge in [-0.3, -0.25) is 0 Å². The minimum absolute atomic E-state index is 0.394. The third-order valence-electron chi connectivity index (χ3n) is 3.13. The van der Waals surface area contributed by atoms with Crippen LogP contribution < -0.4 is 5.73 Å². The third kappa shape index (κ3) is 3.99. The molecule has 0 fully saturated rings. The molecule has 0 saturated heterocycles. The van der Waals surface area contributed by atoms with Gasteiger partial charge in [-0.05, 0) is 40.7 Å². The van der Waals surface area contributed by atoms with E-state index in [1.165, 1.54) is 0 Å². The van der Waals surface area contributed by atoms with E-state index in [9.17, 15) is 0 Å². The standard InChI is InChI=1S/C18H23N/c1-6-14(4)17-10-8-13(3)9-11-18(17)15(5)12-16(19)7-2/h6,8-13H,1,4-5,7,19H2,2-3H3/b16-12+. The molecule has 1 aliphatic carbocycles. The Morgan fingerprint density at radius 2 is 1.74 bits per heavy atom. The average Bonchev–Trinajstić information content (AvgIpc) is 2.59. The minimum atomic E-state index is 0.394. The van der Waals surface area contributed by atoms with Crippen LogP contribution in [0.4, 0.5) is 0 Å². The molecule has 0 aromatic rings. The highest BCUT2D eigenvalue weighted by molar-refractivity contribution is 5.60. The first-order valence-corrected chi connectivity index (χ1v) is 6.57. The first kappa shape index (κ1) is 15.0. The van der Waals surface area contributed by atoms with Crippen LogP contribution in [0.15, 0.2) is 84.2 Å². The highest BCUT2D eigenvalue weighted by atomic mass is 14.6.